The molecule has 3 atom stereocenters. The van der Waals surface area contributed by atoms with E-state index in [0.29, 0.717) is 22.3 Å². The van der Waals surface area contributed by atoms with Gasteiger partial charge < -0.3 is 26.8 Å². The molecule has 0 aromatic heterocycles. The Morgan fingerprint density at radius 2 is 1.85 bits per heavy atom. The molecule has 2 aromatic carbocycles. The second-order valence-electron chi connectivity index (χ2n) is 7.05. The lowest BCUT2D eigenvalue weighted by Gasteiger charge is -2.28. The minimum Gasteiger partial charge on any atom is -0.508 e. The fraction of sp³-hybridized carbons (Fsp3) is 0.350. The van der Waals surface area contributed by atoms with Gasteiger partial charge >= 0.3 is 5.97 Å². The summed E-state index contributed by atoms with van der Waals surface area (Å²) in [6.07, 6.45) is 0.217. The number of aromatic hydroxyl groups is 2. The number of carbonyl (C=O) groups is 1. The number of rotatable bonds is 7. The van der Waals surface area contributed by atoms with Crippen LogP contribution < -0.4 is 11.5 Å². The summed E-state index contributed by atoms with van der Waals surface area (Å²) in [7, 11) is 0. The molecule has 6 nitrogen and oxygen atoms in total. The molecule has 0 amide bonds. The van der Waals surface area contributed by atoms with Gasteiger partial charge in [-0.2, -0.15) is 0 Å². The van der Waals surface area contributed by atoms with E-state index < -0.39 is 30.1 Å². The summed E-state index contributed by atoms with van der Waals surface area (Å²) in [6.45, 7) is 2.41. The van der Waals surface area contributed by atoms with Crippen molar-refractivity contribution in [3.8, 4) is 22.6 Å². The van der Waals surface area contributed by atoms with Crippen LogP contribution in [0.1, 0.15) is 30.9 Å². The fourth-order valence-electron chi connectivity index (χ4n) is 2.90. The monoisotopic (exact) mass is 376 g/mol. The van der Waals surface area contributed by atoms with Crippen LogP contribution in [0, 0.1) is 0 Å². The number of carboxylic acids is 1. The molecule has 0 bridgehead atoms. The molecule has 1 unspecified atom stereocenters. The van der Waals surface area contributed by atoms with E-state index in [2.05, 4.69) is 0 Å². The molecular formula is C20H25FN2O4. The summed E-state index contributed by atoms with van der Waals surface area (Å²) in [5, 5.41) is 29.6. The lowest BCUT2D eigenvalue weighted by molar-refractivity contribution is -0.143. The van der Waals surface area contributed by atoms with Gasteiger partial charge in [-0.15, -0.1) is 0 Å². The second kappa shape index (κ2) is 7.94. The van der Waals surface area contributed by atoms with Crippen molar-refractivity contribution in [2.45, 2.75) is 37.8 Å². The van der Waals surface area contributed by atoms with Crippen LogP contribution in [-0.2, 0) is 11.2 Å². The van der Waals surface area contributed by atoms with Crippen LogP contribution in [0.25, 0.3) is 11.1 Å². The minimum atomic E-state index is -1.51. The Morgan fingerprint density at radius 1 is 1.19 bits per heavy atom. The third kappa shape index (κ3) is 4.37. The Hall–Kier alpha value is -2.64. The normalized spacial score (nSPS) is 15.7. The van der Waals surface area contributed by atoms with Crippen molar-refractivity contribution < 1.29 is 24.5 Å². The Labute approximate surface area is 157 Å². The average molecular weight is 376 g/mol. The molecule has 27 heavy (non-hydrogen) atoms. The molecule has 0 aliphatic rings. The van der Waals surface area contributed by atoms with E-state index >= 15 is 0 Å². The van der Waals surface area contributed by atoms with Gasteiger partial charge in [-0.05, 0) is 54.3 Å². The zero-order chi connectivity index (χ0) is 20.4. The topological polar surface area (TPSA) is 130 Å². The van der Waals surface area contributed by atoms with E-state index in [9.17, 15) is 24.5 Å². The van der Waals surface area contributed by atoms with E-state index in [-0.39, 0.29) is 17.9 Å². The van der Waals surface area contributed by atoms with Gasteiger partial charge in [-0.25, -0.2) is 4.39 Å². The van der Waals surface area contributed by atoms with E-state index in [1.54, 1.807) is 25.1 Å². The quantitative estimate of drug-likeness (QED) is 0.505. The Kier molecular flexibility index (Phi) is 6.08. The van der Waals surface area contributed by atoms with Crippen molar-refractivity contribution in [1.29, 1.82) is 0 Å². The molecule has 0 radical (unpaired) electrons. The number of aliphatic carboxylic acids is 1. The molecule has 0 heterocycles. The molecule has 7 heteroatoms. The van der Waals surface area contributed by atoms with Crippen LogP contribution in [-0.4, -0.2) is 39.5 Å². The van der Waals surface area contributed by atoms with Gasteiger partial charge in [0.15, 0.2) is 0 Å². The third-order valence-corrected chi connectivity index (χ3v) is 4.94. The van der Waals surface area contributed by atoms with E-state index in [4.69, 9.17) is 11.5 Å². The highest BCUT2D eigenvalue weighted by Crippen LogP contribution is 2.38. The summed E-state index contributed by atoms with van der Waals surface area (Å²) in [4.78, 5) is 11.5. The molecular weight excluding hydrogens is 351 g/mol. The van der Waals surface area contributed by atoms with E-state index in [1.165, 1.54) is 25.1 Å². The number of hydrogen-bond acceptors (Lipinski definition) is 5. The largest absolute Gasteiger partial charge is 0.508 e. The van der Waals surface area contributed by atoms with Crippen molar-refractivity contribution in [2.75, 3.05) is 6.67 Å². The second-order valence-corrected chi connectivity index (χ2v) is 7.05. The maximum absolute atomic E-state index is 12.8. The zero-order valence-electron chi connectivity index (χ0n) is 15.3. The molecule has 2 rings (SSSR count). The van der Waals surface area contributed by atoms with Crippen LogP contribution in [0.15, 0.2) is 36.4 Å². The smallest absolute Gasteiger partial charge is 0.324 e. The summed E-state index contributed by atoms with van der Waals surface area (Å²) >= 11 is 0. The minimum absolute atomic E-state index is 0.0189. The first-order valence-electron chi connectivity index (χ1n) is 8.57. The van der Waals surface area contributed by atoms with Gasteiger partial charge in [0.05, 0.1) is 0 Å². The zero-order valence-corrected chi connectivity index (χ0v) is 15.3. The first-order chi connectivity index (χ1) is 12.6. The van der Waals surface area contributed by atoms with Gasteiger partial charge in [-0.3, -0.25) is 4.79 Å². The van der Waals surface area contributed by atoms with Crippen LogP contribution >= 0.6 is 0 Å². The van der Waals surface area contributed by atoms with Crippen molar-refractivity contribution in [3.05, 3.63) is 47.5 Å². The Bertz CT molecular complexity index is 839. The van der Waals surface area contributed by atoms with Crippen LogP contribution in [0.5, 0.6) is 11.5 Å². The van der Waals surface area contributed by atoms with E-state index in [1.807, 2.05) is 0 Å². The lowest BCUT2D eigenvalue weighted by atomic mass is 9.81. The third-order valence-electron chi connectivity index (χ3n) is 4.94. The van der Waals surface area contributed by atoms with Gasteiger partial charge in [-0.1, -0.05) is 19.1 Å². The first-order valence-corrected chi connectivity index (χ1v) is 8.57. The number of phenolic OH excluding ortho intramolecular Hbond substituents is 2. The maximum Gasteiger partial charge on any atom is 0.324 e. The molecule has 0 saturated heterocycles. The van der Waals surface area contributed by atoms with Crippen LogP contribution in [0.3, 0.4) is 0 Å². The summed E-state index contributed by atoms with van der Waals surface area (Å²) in [5.41, 5.74) is 12.3. The molecule has 2 aromatic rings. The number of benzene rings is 2. The van der Waals surface area contributed by atoms with Crippen molar-refractivity contribution in [3.63, 3.8) is 0 Å². The number of nitrogens with two attached hydrogens (primary N) is 2. The Morgan fingerprint density at radius 3 is 2.44 bits per heavy atom. The molecule has 146 valence electrons. The van der Waals surface area contributed by atoms with Gasteiger partial charge in [0, 0.05) is 17.5 Å². The average Bonchev–Trinajstić information content (AvgIpc) is 2.62. The molecule has 0 aliphatic carbocycles. The van der Waals surface area contributed by atoms with Gasteiger partial charge in [0.2, 0.25) is 0 Å². The summed E-state index contributed by atoms with van der Waals surface area (Å²) < 4.78 is 12.8. The molecule has 0 aliphatic heterocycles. The van der Waals surface area contributed by atoms with Crippen molar-refractivity contribution in [2.24, 2.45) is 11.5 Å². The first kappa shape index (κ1) is 20.7. The summed E-state index contributed by atoms with van der Waals surface area (Å²) in [5.74, 6) is -1.77. The maximum atomic E-state index is 12.8. The van der Waals surface area contributed by atoms with Gasteiger partial charge in [0.25, 0.3) is 0 Å². The van der Waals surface area contributed by atoms with Gasteiger partial charge in [0.1, 0.15) is 23.7 Å². The highest BCUT2D eigenvalue weighted by Gasteiger charge is 2.35. The van der Waals surface area contributed by atoms with Crippen molar-refractivity contribution >= 4 is 5.97 Å². The van der Waals surface area contributed by atoms with E-state index in [0.717, 1.165) is 0 Å². The number of phenols is 2. The molecule has 0 saturated carbocycles. The Balaban J connectivity index is 2.57. The predicted molar refractivity (Wildman–Crippen MR) is 102 cm³/mol. The van der Waals surface area contributed by atoms with Crippen LogP contribution in [0.4, 0.5) is 4.39 Å². The highest BCUT2D eigenvalue weighted by molar-refractivity contribution is 5.80. The standard InChI is InChI=1S/C20H25FN2O4/c1-11(20(2,23)19(26)27)12-4-6-18(25)17(8-12)16-9-15(24)5-3-13(16)7-14(22)10-21/h3-6,8-9,11,14,24-25H,7,10,22-23H2,1-2H3,(H,26,27)/t11-,14?,20-/m1/s1. The molecule has 0 spiro atoms. The lowest BCUT2D eigenvalue weighted by Crippen LogP contribution is -2.49. The number of halogens is 1. The summed E-state index contributed by atoms with van der Waals surface area (Å²) in [6, 6.07) is 8.52. The van der Waals surface area contributed by atoms with Crippen LogP contribution in [0.2, 0.25) is 0 Å². The fourth-order valence-corrected chi connectivity index (χ4v) is 2.90. The number of alkyl halides is 1. The SMILES string of the molecule is C[C@H](c1ccc(O)c(-c2cc(O)ccc2CC(N)CF)c1)[C@@](C)(N)C(=O)O. The predicted octanol–water partition coefficient (Wildman–Crippen LogP) is 2.51. The molecule has 0 fully saturated rings. The highest BCUT2D eigenvalue weighted by atomic mass is 19.1. The number of hydrogen-bond donors (Lipinski definition) is 5. The number of carboxylic acid groups (broad SMARTS) is 1. The van der Waals surface area contributed by atoms with Crippen molar-refractivity contribution in [1.82, 2.24) is 0 Å². The molecule has 7 N–H and O–H groups in total.